The molecular formula is C23H29N5O5. The molecule has 0 amide bonds. The highest BCUT2D eigenvalue weighted by Crippen LogP contribution is 2.34. The summed E-state index contributed by atoms with van der Waals surface area (Å²) in [7, 11) is 0. The van der Waals surface area contributed by atoms with E-state index in [4.69, 9.17) is 9.47 Å². The second kappa shape index (κ2) is 9.32. The molecule has 0 radical (unpaired) electrons. The minimum atomic E-state index is -1.21. The summed E-state index contributed by atoms with van der Waals surface area (Å²) in [5, 5.41) is 33.2. The van der Waals surface area contributed by atoms with Crippen molar-refractivity contribution in [1.82, 2.24) is 19.9 Å². The molecule has 1 saturated carbocycles. The Morgan fingerprint density at radius 2 is 2.09 bits per heavy atom. The van der Waals surface area contributed by atoms with Crippen LogP contribution in [0.5, 0.6) is 0 Å². The maximum Gasteiger partial charge on any atom is 0.183 e. The fraction of sp³-hybridized carbons (Fsp3) is 0.522. The number of aliphatic hydroxyl groups excluding tert-OH is 3. The predicted octanol–water partition coefficient (Wildman–Crippen LogP) is 1.37. The number of ether oxygens (including phenoxy) is 2. The Morgan fingerprint density at radius 1 is 1.21 bits per heavy atom. The number of benzene rings is 1. The molecule has 2 fully saturated rings. The fourth-order valence-electron chi connectivity index (χ4n) is 4.69. The van der Waals surface area contributed by atoms with E-state index in [1.54, 1.807) is 0 Å². The van der Waals surface area contributed by atoms with Gasteiger partial charge in [-0.1, -0.05) is 29.8 Å². The Morgan fingerprint density at radius 3 is 2.88 bits per heavy atom. The zero-order chi connectivity index (χ0) is 22.9. The van der Waals surface area contributed by atoms with Crippen LogP contribution in [0.15, 0.2) is 30.6 Å². The first-order valence-corrected chi connectivity index (χ1v) is 11.3. The first kappa shape index (κ1) is 22.2. The molecule has 176 valence electrons. The molecule has 1 aromatic carbocycles. The number of aromatic amines is 1. The third-order valence-electron chi connectivity index (χ3n) is 6.44. The molecule has 10 nitrogen and oxygen atoms in total. The van der Waals surface area contributed by atoms with Crippen molar-refractivity contribution in [1.29, 1.82) is 0 Å². The van der Waals surface area contributed by atoms with Crippen molar-refractivity contribution < 1.29 is 24.8 Å². The molecule has 0 bridgehead atoms. The van der Waals surface area contributed by atoms with Crippen LogP contribution in [-0.2, 0) is 16.1 Å². The minimum Gasteiger partial charge on any atom is -0.394 e. The average molecular weight is 456 g/mol. The summed E-state index contributed by atoms with van der Waals surface area (Å²) in [5.74, 6) is 0.927. The average Bonchev–Trinajstić information content (AvgIpc) is 3.51. The molecule has 0 spiro atoms. The summed E-state index contributed by atoms with van der Waals surface area (Å²) < 4.78 is 11.8. The maximum atomic E-state index is 10.3. The van der Waals surface area contributed by atoms with Gasteiger partial charge in [-0.05, 0) is 31.7 Å². The van der Waals surface area contributed by atoms with Crippen LogP contribution in [-0.4, -0.2) is 72.3 Å². The van der Waals surface area contributed by atoms with Crippen LogP contribution < -0.4 is 5.32 Å². The minimum absolute atomic E-state index is 0.0540. The zero-order valence-electron chi connectivity index (χ0n) is 18.4. The molecule has 33 heavy (non-hydrogen) atoms. The molecule has 3 heterocycles. The van der Waals surface area contributed by atoms with Crippen molar-refractivity contribution in [2.24, 2.45) is 0 Å². The van der Waals surface area contributed by atoms with Gasteiger partial charge in [-0.15, -0.1) is 0 Å². The lowest BCUT2D eigenvalue weighted by Crippen LogP contribution is -2.32. The zero-order valence-corrected chi connectivity index (χ0v) is 18.4. The molecule has 1 aliphatic carbocycles. The van der Waals surface area contributed by atoms with Gasteiger partial charge in [-0.25, -0.2) is 15.0 Å². The second-order valence-corrected chi connectivity index (χ2v) is 8.82. The molecule has 1 aliphatic heterocycles. The molecule has 5 N–H and O–H groups in total. The number of rotatable bonds is 7. The van der Waals surface area contributed by atoms with Crippen molar-refractivity contribution in [2.45, 2.75) is 69.4 Å². The number of nitrogens with zero attached hydrogens (tertiary/aromatic N) is 3. The van der Waals surface area contributed by atoms with Gasteiger partial charge in [0.2, 0.25) is 0 Å². The highest BCUT2D eigenvalue weighted by molar-refractivity contribution is 5.82. The second-order valence-electron chi connectivity index (χ2n) is 8.82. The Kier molecular flexibility index (Phi) is 6.26. The third-order valence-corrected chi connectivity index (χ3v) is 6.44. The number of aliphatic hydroxyl groups is 3. The maximum absolute atomic E-state index is 10.3. The van der Waals surface area contributed by atoms with Gasteiger partial charge in [0.15, 0.2) is 11.5 Å². The van der Waals surface area contributed by atoms with Gasteiger partial charge in [0.05, 0.1) is 25.4 Å². The van der Waals surface area contributed by atoms with Crippen LogP contribution in [0.25, 0.3) is 11.2 Å². The number of imidazole rings is 1. The largest absolute Gasteiger partial charge is 0.394 e. The smallest absolute Gasteiger partial charge is 0.183 e. The number of hydrogen-bond acceptors (Lipinski definition) is 9. The van der Waals surface area contributed by atoms with Gasteiger partial charge < -0.3 is 35.1 Å². The molecule has 3 aromatic rings. The summed E-state index contributed by atoms with van der Waals surface area (Å²) in [4.78, 5) is 16.2. The number of aromatic nitrogens is 4. The first-order valence-electron chi connectivity index (χ1n) is 11.3. The van der Waals surface area contributed by atoms with Gasteiger partial charge in [0.1, 0.15) is 42.1 Å². The molecule has 10 heteroatoms. The lowest BCUT2D eigenvalue weighted by molar-refractivity contribution is -0.0249. The molecule has 1 saturated heterocycles. The van der Waals surface area contributed by atoms with Crippen LogP contribution in [0.4, 0.5) is 5.82 Å². The molecular weight excluding hydrogens is 426 g/mol. The first-order chi connectivity index (χ1) is 16.0. The summed E-state index contributed by atoms with van der Waals surface area (Å²) in [6, 6.07) is 8.41. The van der Waals surface area contributed by atoms with E-state index in [9.17, 15) is 15.3 Å². The van der Waals surface area contributed by atoms with Crippen LogP contribution in [0.2, 0.25) is 0 Å². The van der Waals surface area contributed by atoms with E-state index in [1.165, 1.54) is 11.9 Å². The Balaban J connectivity index is 1.31. The van der Waals surface area contributed by atoms with Crippen molar-refractivity contribution >= 4 is 17.0 Å². The quantitative estimate of drug-likeness (QED) is 0.356. The summed E-state index contributed by atoms with van der Waals surface area (Å²) in [6.45, 7) is 2.24. The Hall–Kier alpha value is -2.63. The van der Waals surface area contributed by atoms with Crippen molar-refractivity contribution in [2.75, 3.05) is 11.9 Å². The lowest BCUT2D eigenvalue weighted by atomic mass is 10.1. The number of H-pyrrole nitrogens is 1. The Bertz CT molecular complexity index is 1110. The molecule has 2 aromatic heterocycles. The third kappa shape index (κ3) is 4.44. The highest BCUT2D eigenvalue weighted by Gasteiger charge is 2.44. The van der Waals surface area contributed by atoms with Crippen LogP contribution in [0.3, 0.4) is 0 Å². The van der Waals surface area contributed by atoms with E-state index in [2.05, 4.69) is 50.4 Å². The van der Waals surface area contributed by atoms with Crippen molar-refractivity contribution in [3.8, 4) is 0 Å². The summed E-state index contributed by atoms with van der Waals surface area (Å²) >= 11 is 0. The van der Waals surface area contributed by atoms with Gasteiger partial charge >= 0.3 is 0 Å². The van der Waals surface area contributed by atoms with Crippen LogP contribution >= 0.6 is 0 Å². The van der Waals surface area contributed by atoms with Crippen molar-refractivity contribution in [3.63, 3.8) is 0 Å². The molecule has 5 rings (SSSR count). The lowest BCUT2D eigenvalue weighted by Gasteiger charge is -2.22. The monoisotopic (exact) mass is 455 g/mol. The number of anilines is 1. The van der Waals surface area contributed by atoms with E-state index < -0.39 is 31.0 Å². The van der Waals surface area contributed by atoms with Gasteiger partial charge in [0, 0.05) is 0 Å². The SMILES string of the molecule is Cc1cccc(COC2CCCC2Nc2ncnc3nc(C4OC(CO)C(O)C4O)[nH]c23)c1. The normalized spacial score (nSPS) is 29.7. The fourth-order valence-corrected chi connectivity index (χ4v) is 4.69. The Labute approximate surface area is 191 Å². The number of fused-ring (bicyclic) bond motifs is 1. The molecule has 6 unspecified atom stereocenters. The van der Waals surface area contributed by atoms with Crippen LogP contribution in [0.1, 0.15) is 42.3 Å². The summed E-state index contributed by atoms with van der Waals surface area (Å²) in [6.07, 6.45) is 0.309. The van der Waals surface area contributed by atoms with E-state index >= 15 is 0 Å². The highest BCUT2D eigenvalue weighted by atomic mass is 16.6. The van der Waals surface area contributed by atoms with E-state index in [1.807, 2.05) is 6.07 Å². The number of hydrogen-bond donors (Lipinski definition) is 5. The standard InChI is InChI=1S/C23H29N5O5/c1-12-4-2-5-13(8-12)10-32-15-7-3-6-14(15)26-21-17-22(25-11-24-21)28-23(27-17)20-19(31)18(30)16(9-29)33-20/h2,4-5,8,11,14-16,18-20,29-31H,3,6-7,9-10H2,1H3,(H2,24,25,26,27,28). The van der Waals surface area contributed by atoms with E-state index in [0.29, 0.717) is 29.4 Å². The number of aryl methyl sites for hydroxylation is 1. The molecule has 6 atom stereocenters. The number of nitrogens with one attached hydrogen (secondary N) is 2. The van der Waals surface area contributed by atoms with Gasteiger partial charge in [-0.3, -0.25) is 0 Å². The van der Waals surface area contributed by atoms with Gasteiger partial charge in [0.25, 0.3) is 0 Å². The predicted molar refractivity (Wildman–Crippen MR) is 119 cm³/mol. The van der Waals surface area contributed by atoms with E-state index in [0.717, 1.165) is 24.8 Å². The van der Waals surface area contributed by atoms with Crippen LogP contribution in [0, 0.1) is 6.92 Å². The molecule has 2 aliphatic rings. The van der Waals surface area contributed by atoms with E-state index in [-0.39, 0.29) is 12.1 Å². The van der Waals surface area contributed by atoms with Crippen molar-refractivity contribution in [3.05, 3.63) is 47.5 Å². The topological polar surface area (TPSA) is 146 Å². The summed E-state index contributed by atoms with van der Waals surface area (Å²) in [5.41, 5.74) is 3.39. The van der Waals surface area contributed by atoms with Gasteiger partial charge in [-0.2, -0.15) is 0 Å².